The first-order valence-corrected chi connectivity index (χ1v) is 15.1. The molecule has 1 N–H and O–H groups in total. The van der Waals surface area contributed by atoms with Crippen molar-refractivity contribution >= 4 is 25.8 Å². The van der Waals surface area contributed by atoms with Crippen molar-refractivity contribution < 1.29 is 25.5 Å². The van der Waals surface area contributed by atoms with Crippen molar-refractivity contribution in [2.45, 2.75) is 65.5 Å². The van der Waals surface area contributed by atoms with Gasteiger partial charge in [0, 0.05) is 5.69 Å². The van der Waals surface area contributed by atoms with E-state index in [9.17, 15) is 16.8 Å². The van der Waals surface area contributed by atoms with E-state index in [2.05, 4.69) is 25.5 Å². The number of anilines is 1. The van der Waals surface area contributed by atoms with Gasteiger partial charge in [0.25, 0.3) is 10.1 Å². The molecule has 0 radical (unpaired) electrons. The third-order valence-corrected chi connectivity index (χ3v) is 6.84. The van der Waals surface area contributed by atoms with E-state index < -0.39 is 26.4 Å². The number of allylic oxidation sites excluding steroid dienone is 1. The summed E-state index contributed by atoms with van der Waals surface area (Å²) in [7, 11) is -6.93. The third-order valence-electron chi connectivity index (χ3n) is 5.69. The lowest BCUT2D eigenvalue weighted by Gasteiger charge is -2.41. The first-order chi connectivity index (χ1) is 14.9. The SMILES string of the molecule is CCCCCCC[N+](CC)(CC)C(C=CCc1ccc(NS(C)(=O)=O)cc1)OS(C)(=O)=O. The lowest BCUT2D eigenvalue weighted by atomic mass is 10.1. The standard InChI is InChI=1S/C23H41N2O5S2/c1-6-9-10-11-12-20-25(7-2,8-3)23(30-32(5,28)29)15-13-14-21-16-18-22(19-17-21)24-31(4,26)27/h13,15-19,23-24H,6-12,14,20H2,1-5H3/q+1. The average Bonchev–Trinajstić information content (AvgIpc) is 2.70. The van der Waals surface area contributed by atoms with Gasteiger partial charge >= 0.3 is 0 Å². The minimum atomic E-state index is -3.62. The van der Waals surface area contributed by atoms with Crippen LogP contribution in [0.25, 0.3) is 0 Å². The molecule has 1 atom stereocenters. The van der Waals surface area contributed by atoms with Crippen LogP contribution < -0.4 is 4.72 Å². The summed E-state index contributed by atoms with van der Waals surface area (Å²) in [6.07, 6.45) is 11.8. The van der Waals surface area contributed by atoms with Crippen LogP contribution in [0.2, 0.25) is 0 Å². The Morgan fingerprint density at radius 3 is 2.03 bits per heavy atom. The Kier molecular flexibility index (Phi) is 11.9. The molecule has 0 aliphatic heterocycles. The maximum Gasteiger partial charge on any atom is 0.269 e. The van der Waals surface area contributed by atoms with Gasteiger partial charge in [-0.25, -0.2) is 12.6 Å². The second-order valence-corrected chi connectivity index (χ2v) is 11.7. The second-order valence-electron chi connectivity index (χ2n) is 8.38. The molecule has 1 aromatic rings. The Bertz CT molecular complexity index is 906. The van der Waals surface area contributed by atoms with Gasteiger partial charge in [0.15, 0.2) is 0 Å². The van der Waals surface area contributed by atoms with Crippen LogP contribution in [0, 0.1) is 0 Å². The van der Waals surface area contributed by atoms with Crippen molar-refractivity contribution in [3.8, 4) is 0 Å². The molecule has 0 saturated heterocycles. The van der Waals surface area contributed by atoms with Gasteiger partial charge in [-0.15, -0.1) is 0 Å². The van der Waals surface area contributed by atoms with E-state index in [0.29, 0.717) is 16.6 Å². The molecular weight excluding hydrogens is 448 g/mol. The van der Waals surface area contributed by atoms with Crippen molar-refractivity contribution in [1.29, 1.82) is 0 Å². The van der Waals surface area contributed by atoms with Crippen LogP contribution in [-0.2, 0) is 30.7 Å². The van der Waals surface area contributed by atoms with E-state index in [1.54, 1.807) is 12.1 Å². The molecule has 0 saturated carbocycles. The highest BCUT2D eigenvalue weighted by molar-refractivity contribution is 7.92. The monoisotopic (exact) mass is 489 g/mol. The van der Waals surface area contributed by atoms with E-state index in [4.69, 9.17) is 4.18 Å². The maximum absolute atomic E-state index is 12.0. The molecule has 0 amide bonds. The van der Waals surface area contributed by atoms with Gasteiger partial charge < -0.3 is 0 Å². The molecule has 0 fully saturated rings. The summed E-state index contributed by atoms with van der Waals surface area (Å²) in [5.74, 6) is 0. The highest BCUT2D eigenvalue weighted by atomic mass is 32.2. The molecule has 184 valence electrons. The largest absolute Gasteiger partial charge is 0.295 e. The van der Waals surface area contributed by atoms with Crippen molar-refractivity contribution in [3.05, 3.63) is 42.0 Å². The number of rotatable bonds is 16. The van der Waals surface area contributed by atoms with Crippen LogP contribution in [0.4, 0.5) is 5.69 Å². The number of nitrogens with zero attached hydrogens (tertiary/aromatic N) is 1. The molecule has 0 bridgehead atoms. The molecule has 0 aliphatic rings. The predicted octanol–water partition coefficient (Wildman–Crippen LogP) is 4.29. The first-order valence-electron chi connectivity index (χ1n) is 11.4. The lowest BCUT2D eigenvalue weighted by molar-refractivity contribution is -0.958. The smallest absolute Gasteiger partial charge is 0.269 e. The van der Waals surface area contributed by atoms with Gasteiger partial charge in [0.2, 0.25) is 16.3 Å². The van der Waals surface area contributed by atoms with Crippen molar-refractivity contribution in [2.24, 2.45) is 0 Å². The van der Waals surface area contributed by atoms with Gasteiger partial charge in [0.05, 0.1) is 32.1 Å². The zero-order valence-corrected chi connectivity index (χ0v) is 21.8. The number of hydrogen-bond donors (Lipinski definition) is 1. The molecule has 0 spiro atoms. The number of sulfonamides is 1. The van der Waals surface area contributed by atoms with E-state index >= 15 is 0 Å². The van der Waals surface area contributed by atoms with Crippen LogP contribution in [-0.4, -0.2) is 59.7 Å². The fourth-order valence-electron chi connectivity index (χ4n) is 3.79. The Morgan fingerprint density at radius 1 is 0.938 bits per heavy atom. The number of nitrogens with one attached hydrogen (secondary N) is 1. The topological polar surface area (TPSA) is 89.5 Å². The molecule has 1 rings (SSSR count). The normalized spacial score (nSPS) is 14.0. The highest BCUT2D eigenvalue weighted by Gasteiger charge is 2.35. The van der Waals surface area contributed by atoms with Gasteiger partial charge in [0.1, 0.15) is 0 Å². The summed E-state index contributed by atoms with van der Waals surface area (Å²) >= 11 is 0. The molecule has 1 aromatic carbocycles. The second kappa shape index (κ2) is 13.3. The van der Waals surface area contributed by atoms with E-state index in [-0.39, 0.29) is 0 Å². The van der Waals surface area contributed by atoms with E-state index in [1.807, 2.05) is 24.3 Å². The molecule has 9 heteroatoms. The van der Waals surface area contributed by atoms with Crippen LogP contribution in [0.15, 0.2) is 36.4 Å². The Labute approximate surface area is 195 Å². The van der Waals surface area contributed by atoms with Crippen molar-refractivity contribution in [1.82, 2.24) is 0 Å². The third kappa shape index (κ3) is 10.9. The Balaban J connectivity index is 2.95. The number of benzene rings is 1. The zero-order chi connectivity index (χ0) is 24.3. The number of unbranched alkanes of at least 4 members (excludes halogenated alkanes) is 4. The molecule has 32 heavy (non-hydrogen) atoms. The van der Waals surface area contributed by atoms with Crippen molar-refractivity contribution in [3.63, 3.8) is 0 Å². The summed E-state index contributed by atoms with van der Waals surface area (Å²) in [6, 6.07) is 7.12. The Hall–Kier alpha value is -1.42. The maximum atomic E-state index is 12.0. The summed E-state index contributed by atoms with van der Waals surface area (Å²) in [5, 5.41) is 0. The Morgan fingerprint density at radius 2 is 1.53 bits per heavy atom. The van der Waals surface area contributed by atoms with E-state index in [1.165, 1.54) is 19.3 Å². The summed E-state index contributed by atoms with van der Waals surface area (Å²) < 4.78 is 55.2. The van der Waals surface area contributed by atoms with Gasteiger partial charge in [-0.05, 0) is 56.9 Å². The van der Waals surface area contributed by atoms with E-state index in [0.717, 1.165) is 50.6 Å². The first kappa shape index (κ1) is 28.6. The van der Waals surface area contributed by atoms with Crippen LogP contribution in [0.5, 0.6) is 0 Å². The lowest BCUT2D eigenvalue weighted by Crippen LogP contribution is -2.56. The summed E-state index contributed by atoms with van der Waals surface area (Å²) in [6.45, 7) is 8.77. The van der Waals surface area contributed by atoms with Gasteiger partial charge in [-0.1, -0.05) is 44.4 Å². The van der Waals surface area contributed by atoms with Crippen LogP contribution >= 0.6 is 0 Å². The fraction of sp³-hybridized carbons (Fsp3) is 0.652. The predicted molar refractivity (Wildman–Crippen MR) is 132 cm³/mol. The summed E-state index contributed by atoms with van der Waals surface area (Å²) in [5.41, 5.74) is 1.50. The zero-order valence-electron chi connectivity index (χ0n) is 20.2. The quantitative estimate of drug-likeness (QED) is 0.123. The molecular formula is C23H41N2O5S2+. The fourth-order valence-corrected chi connectivity index (χ4v) is 4.95. The minimum absolute atomic E-state index is 0.509. The minimum Gasteiger partial charge on any atom is -0.295 e. The molecule has 0 heterocycles. The van der Waals surface area contributed by atoms with Crippen LogP contribution in [0.3, 0.4) is 0 Å². The summed E-state index contributed by atoms with van der Waals surface area (Å²) in [4.78, 5) is 0. The van der Waals surface area contributed by atoms with Gasteiger partial charge in [-0.3, -0.25) is 9.21 Å². The number of hydrogen-bond acceptors (Lipinski definition) is 5. The molecule has 0 aliphatic carbocycles. The van der Waals surface area contributed by atoms with Crippen molar-refractivity contribution in [2.75, 3.05) is 36.9 Å². The molecule has 7 nitrogen and oxygen atoms in total. The molecule has 1 unspecified atom stereocenters. The number of likely N-dealkylation sites (N-methyl/N-ethyl adjacent to an activating group) is 1. The van der Waals surface area contributed by atoms with Crippen LogP contribution in [0.1, 0.15) is 58.4 Å². The average molecular weight is 490 g/mol. The highest BCUT2D eigenvalue weighted by Crippen LogP contribution is 2.21. The molecule has 0 aromatic heterocycles. The van der Waals surface area contributed by atoms with Gasteiger partial charge in [-0.2, -0.15) is 8.42 Å². The number of quaternary nitrogens is 1.